The number of ether oxygens (including phenoxy) is 2. The van der Waals surface area contributed by atoms with Gasteiger partial charge in [0.2, 0.25) is 0 Å². The second-order valence-corrected chi connectivity index (χ2v) is 10.8. The zero-order chi connectivity index (χ0) is 30.4. The van der Waals surface area contributed by atoms with Gasteiger partial charge in [0.05, 0.1) is 12.7 Å². The number of aliphatic hydroxyl groups is 2. The third kappa shape index (κ3) is 28.9. The van der Waals surface area contributed by atoms with Crippen LogP contribution < -0.4 is 0 Å². The molecule has 0 aliphatic carbocycles. The van der Waals surface area contributed by atoms with E-state index in [0.29, 0.717) is 19.3 Å². The van der Waals surface area contributed by atoms with E-state index < -0.39 is 18.2 Å². The Morgan fingerprint density at radius 2 is 1.41 bits per heavy atom. The van der Waals surface area contributed by atoms with Crippen LogP contribution in [0, 0.1) is 5.92 Å². The molecule has 0 saturated carbocycles. The van der Waals surface area contributed by atoms with E-state index in [0.717, 1.165) is 50.9 Å². The van der Waals surface area contributed by atoms with Crippen LogP contribution in [-0.4, -0.2) is 47.6 Å². The number of carbonyl (C=O) groups is 2. The summed E-state index contributed by atoms with van der Waals surface area (Å²) in [5, 5.41) is 19.4. The van der Waals surface area contributed by atoms with Crippen LogP contribution in [0.15, 0.2) is 60.8 Å². The molecule has 0 radical (unpaired) electrons. The number of hydrogen-bond acceptors (Lipinski definition) is 6. The second-order valence-electron chi connectivity index (χ2n) is 10.8. The van der Waals surface area contributed by atoms with Gasteiger partial charge in [0.15, 0.2) is 6.10 Å². The van der Waals surface area contributed by atoms with Gasteiger partial charge in [-0.05, 0) is 50.9 Å². The zero-order valence-electron chi connectivity index (χ0n) is 26.1. The van der Waals surface area contributed by atoms with Gasteiger partial charge in [-0.3, -0.25) is 9.59 Å². The van der Waals surface area contributed by atoms with E-state index >= 15 is 0 Å². The van der Waals surface area contributed by atoms with E-state index in [9.17, 15) is 19.8 Å². The Kier molecular flexibility index (Phi) is 27.3. The molecule has 0 saturated heterocycles. The van der Waals surface area contributed by atoms with Crippen LogP contribution in [0.3, 0.4) is 0 Å². The Morgan fingerprint density at radius 3 is 2.15 bits per heavy atom. The highest BCUT2D eigenvalue weighted by molar-refractivity contribution is 5.70. The molecular formula is C35H58O6. The first-order valence-corrected chi connectivity index (χ1v) is 15.8. The highest BCUT2D eigenvalue weighted by Crippen LogP contribution is 2.12. The predicted molar refractivity (Wildman–Crippen MR) is 169 cm³/mol. The largest absolute Gasteiger partial charge is 0.462 e. The molecule has 0 amide bonds. The van der Waals surface area contributed by atoms with Gasteiger partial charge >= 0.3 is 11.9 Å². The minimum Gasteiger partial charge on any atom is -0.462 e. The summed E-state index contributed by atoms with van der Waals surface area (Å²) < 4.78 is 10.4. The quantitative estimate of drug-likeness (QED) is 0.0469. The number of rotatable bonds is 26. The van der Waals surface area contributed by atoms with Gasteiger partial charge in [0.25, 0.3) is 0 Å². The Bertz CT molecular complexity index is 778. The molecule has 0 aromatic heterocycles. The lowest BCUT2D eigenvalue weighted by Gasteiger charge is -2.15. The van der Waals surface area contributed by atoms with E-state index in [-0.39, 0.29) is 25.6 Å². The molecule has 6 nitrogen and oxygen atoms in total. The molecule has 0 aliphatic heterocycles. The second kappa shape index (κ2) is 29.1. The average Bonchev–Trinajstić information content (AvgIpc) is 2.95. The van der Waals surface area contributed by atoms with Crippen molar-refractivity contribution in [2.45, 2.75) is 129 Å². The predicted octanol–water partition coefficient (Wildman–Crippen LogP) is 8.10. The summed E-state index contributed by atoms with van der Waals surface area (Å²) in [5.41, 5.74) is 0. The minimum absolute atomic E-state index is 0.110. The number of allylic oxidation sites excluding steroid dienone is 8. The Hall–Kier alpha value is -2.44. The van der Waals surface area contributed by atoms with Crippen LogP contribution >= 0.6 is 0 Å². The number of aliphatic hydroxyl groups excluding tert-OH is 2. The number of unbranched alkanes of at least 4 members (excludes halogenated alkanes) is 6. The number of esters is 2. The SMILES string of the molecule is CC/C=C\C/C=C\CC(O)/C=C/C=C\C/C=C\CCCC(=O)O[C@@H](CO)COC(=O)CCCCCCCCC(C)C. The van der Waals surface area contributed by atoms with Crippen molar-refractivity contribution < 1.29 is 29.3 Å². The molecule has 234 valence electrons. The smallest absolute Gasteiger partial charge is 0.306 e. The summed E-state index contributed by atoms with van der Waals surface area (Å²) in [6, 6.07) is 0. The third-order valence-corrected chi connectivity index (χ3v) is 6.33. The first-order valence-electron chi connectivity index (χ1n) is 15.8. The Labute approximate surface area is 250 Å². The lowest BCUT2D eigenvalue weighted by Crippen LogP contribution is -2.28. The lowest BCUT2D eigenvalue weighted by atomic mass is 10.0. The standard InChI is InChI=1S/C35H58O6/c1-4-5-6-7-15-20-25-32(37)26-21-16-10-8-9-11-18-23-28-35(39)41-33(29-36)30-40-34(38)27-22-17-13-12-14-19-24-31(2)3/h5-6,9-11,15-16,20-21,26,31-33,36-37H,4,7-8,12-14,17-19,22-25,27-30H2,1-3H3/b6-5-,11-9-,16-10-,20-15-,26-21+/t32?,33-/m0/s1. The fourth-order valence-corrected chi connectivity index (χ4v) is 3.91. The van der Waals surface area contributed by atoms with Gasteiger partial charge in [0, 0.05) is 12.8 Å². The minimum atomic E-state index is -0.821. The van der Waals surface area contributed by atoms with E-state index in [1.54, 1.807) is 6.08 Å². The van der Waals surface area contributed by atoms with E-state index in [4.69, 9.17) is 9.47 Å². The monoisotopic (exact) mass is 574 g/mol. The van der Waals surface area contributed by atoms with E-state index in [1.807, 2.05) is 36.5 Å². The van der Waals surface area contributed by atoms with Gasteiger partial charge in [-0.25, -0.2) is 0 Å². The van der Waals surface area contributed by atoms with Crippen molar-refractivity contribution in [1.29, 1.82) is 0 Å². The Morgan fingerprint density at radius 1 is 0.756 bits per heavy atom. The van der Waals surface area contributed by atoms with Gasteiger partial charge < -0.3 is 19.7 Å². The van der Waals surface area contributed by atoms with Crippen LogP contribution in [0.1, 0.15) is 117 Å². The number of hydrogen-bond donors (Lipinski definition) is 2. The molecule has 0 aliphatic rings. The molecule has 2 atom stereocenters. The van der Waals surface area contributed by atoms with Gasteiger partial charge in [-0.2, -0.15) is 0 Å². The van der Waals surface area contributed by atoms with Crippen molar-refractivity contribution >= 4 is 11.9 Å². The molecule has 0 heterocycles. The molecule has 41 heavy (non-hydrogen) atoms. The molecule has 0 rings (SSSR count). The zero-order valence-corrected chi connectivity index (χ0v) is 26.1. The summed E-state index contributed by atoms with van der Waals surface area (Å²) in [5.74, 6) is 0.0507. The third-order valence-electron chi connectivity index (χ3n) is 6.33. The number of carbonyl (C=O) groups excluding carboxylic acids is 2. The van der Waals surface area contributed by atoms with Gasteiger partial charge in [0.1, 0.15) is 6.61 Å². The molecule has 2 N–H and O–H groups in total. The van der Waals surface area contributed by atoms with Crippen LogP contribution in [0.5, 0.6) is 0 Å². The fourth-order valence-electron chi connectivity index (χ4n) is 3.91. The molecule has 0 fully saturated rings. The van der Waals surface area contributed by atoms with Gasteiger partial charge in [-0.1, -0.05) is 120 Å². The highest BCUT2D eigenvalue weighted by atomic mass is 16.6. The summed E-state index contributed by atoms with van der Waals surface area (Å²) >= 11 is 0. The molecule has 0 bridgehead atoms. The van der Waals surface area contributed by atoms with Gasteiger partial charge in [-0.15, -0.1) is 0 Å². The average molecular weight is 575 g/mol. The molecule has 0 spiro atoms. The van der Waals surface area contributed by atoms with Crippen molar-refractivity contribution in [3.8, 4) is 0 Å². The van der Waals surface area contributed by atoms with Crippen LogP contribution in [0.2, 0.25) is 0 Å². The maximum absolute atomic E-state index is 12.1. The molecule has 0 aromatic carbocycles. The van der Waals surface area contributed by atoms with Crippen LogP contribution in [0.25, 0.3) is 0 Å². The summed E-state index contributed by atoms with van der Waals surface area (Å²) in [4.78, 5) is 24.0. The van der Waals surface area contributed by atoms with E-state index in [2.05, 4.69) is 39.0 Å². The summed E-state index contributed by atoms with van der Waals surface area (Å²) in [6.07, 6.45) is 31.8. The fraction of sp³-hybridized carbons (Fsp3) is 0.657. The first-order chi connectivity index (χ1) is 19.9. The maximum atomic E-state index is 12.1. The van der Waals surface area contributed by atoms with Crippen molar-refractivity contribution in [3.63, 3.8) is 0 Å². The first kappa shape index (κ1) is 38.6. The maximum Gasteiger partial charge on any atom is 0.306 e. The van der Waals surface area contributed by atoms with Crippen molar-refractivity contribution in [3.05, 3.63) is 60.8 Å². The molecule has 1 unspecified atom stereocenters. The molecule has 0 aromatic rings. The lowest BCUT2D eigenvalue weighted by molar-refractivity contribution is -0.161. The van der Waals surface area contributed by atoms with Crippen LogP contribution in [-0.2, 0) is 19.1 Å². The van der Waals surface area contributed by atoms with Crippen molar-refractivity contribution in [1.82, 2.24) is 0 Å². The highest BCUT2D eigenvalue weighted by Gasteiger charge is 2.15. The van der Waals surface area contributed by atoms with Crippen molar-refractivity contribution in [2.75, 3.05) is 13.2 Å². The van der Waals surface area contributed by atoms with Crippen LogP contribution in [0.4, 0.5) is 0 Å². The van der Waals surface area contributed by atoms with E-state index in [1.165, 1.54) is 25.7 Å². The summed E-state index contributed by atoms with van der Waals surface area (Å²) in [7, 11) is 0. The molecular weight excluding hydrogens is 516 g/mol. The van der Waals surface area contributed by atoms with Crippen molar-refractivity contribution in [2.24, 2.45) is 5.92 Å². The molecule has 6 heteroatoms. The topological polar surface area (TPSA) is 93.1 Å². The Balaban J connectivity index is 3.85. The summed E-state index contributed by atoms with van der Waals surface area (Å²) in [6.45, 7) is 6.12. The normalized spacial score (nSPS) is 13.9.